The summed E-state index contributed by atoms with van der Waals surface area (Å²) >= 11 is 0. The Morgan fingerprint density at radius 1 is 1.20 bits per heavy atom. The van der Waals surface area contributed by atoms with Crippen LogP contribution < -0.4 is 0 Å². The van der Waals surface area contributed by atoms with Crippen LogP contribution >= 0.6 is 0 Å². The second kappa shape index (κ2) is 2.78. The Bertz CT molecular complexity index is 338. The minimum absolute atomic E-state index is 0.977. The highest BCUT2D eigenvalue weighted by molar-refractivity contribution is 5.28. The van der Waals surface area contributed by atoms with Gasteiger partial charge in [0.1, 0.15) is 0 Å². The van der Waals surface area contributed by atoms with Gasteiger partial charge in [0.25, 0.3) is 0 Å². The van der Waals surface area contributed by atoms with Crippen molar-refractivity contribution in [2.75, 3.05) is 0 Å². The molecular weight excluding hydrogens is 180 g/mol. The van der Waals surface area contributed by atoms with E-state index in [2.05, 4.69) is 18.7 Å². The number of fused-ring (bicyclic) bond motifs is 9. The maximum atomic E-state index is 3.90. The van der Waals surface area contributed by atoms with E-state index in [9.17, 15) is 0 Å². The average molecular weight is 200 g/mol. The standard InChI is InChI=1S/C15H20/c1-2-3-9-6-12-8-13(9)15-11-5-4-10(7-11)14(12)15/h2,6,10-15H,1,3-5,7-8H2. The van der Waals surface area contributed by atoms with Gasteiger partial charge in [0.05, 0.1) is 0 Å². The molecule has 0 nitrogen and oxygen atoms in total. The highest BCUT2D eigenvalue weighted by Gasteiger charge is 2.59. The van der Waals surface area contributed by atoms with Crippen LogP contribution in [0.4, 0.5) is 0 Å². The second-order valence-electron chi connectivity index (χ2n) is 6.23. The fourth-order valence-electron chi connectivity index (χ4n) is 5.58. The van der Waals surface area contributed by atoms with Gasteiger partial charge < -0.3 is 0 Å². The normalized spacial score (nSPS) is 54.5. The summed E-state index contributed by atoms with van der Waals surface area (Å²) in [6.45, 7) is 3.90. The fourth-order valence-corrected chi connectivity index (χ4v) is 5.58. The van der Waals surface area contributed by atoms with Gasteiger partial charge in [0.15, 0.2) is 0 Å². The summed E-state index contributed by atoms with van der Waals surface area (Å²) < 4.78 is 0. The van der Waals surface area contributed by atoms with E-state index in [-0.39, 0.29) is 0 Å². The molecule has 0 heterocycles. The lowest BCUT2D eigenvalue weighted by Gasteiger charge is -2.34. The fraction of sp³-hybridized carbons (Fsp3) is 0.733. The van der Waals surface area contributed by atoms with E-state index < -0.39 is 0 Å². The van der Waals surface area contributed by atoms with Crippen LogP contribution in [0.15, 0.2) is 24.3 Å². The molecule has 4 aliphatic rings. The van der Waals surface area contributed by atoms with Gasteiger partial charge in [-0.05, 0) is 67.6 Å². The van der Waals surface area contributed by atoms with E-state index in [0.717, 1.165) is 35.5 Å². The number of hydrogen-bond acceptors (Lipinski definition) is 0. The molecule has 6 unspecified atom stereocenters. The lowest BCUT2D eigenvalue weighted by molar-refractivity contribution is 0.200. The first-order chi connectivity index (χ1) is 7.38. The van der Waals surface area contributed by atoms with Crippen molar-refractivity contribution in [2.45, 2.75) is 32.1 Å². The van der Waals surface area contributed by atoms with Crippen LogP contribution in [0.2, 0.25) is 0 Å². The predicted molar refractivity (Wildman–Crippen MR) is 62.3 cm³/mol. The minimum Gasteiger partial charge on any atom is -0.103 e. The SMILES string of the molecule is C=CCC1=CC2CC1C1C3CCC(C3)C21. The molecule has 4 aliphatic carbocycles. The summed E-state index contributed by atoms with van der Waals surface area (Å²) in [5.41, 5.74) is 1.75. The van der Waals surface area contributed by atoms with Crippen LogP contribution in [0.3, 0.4) is 0 Å². The van der Waals surface area contributed by atoms with E-state index in [4.69, 9.17) is 0 Å². The summed E-state index contributed by atoms with van der Waals surface area (Å²) in [5.74, 6) is 6.41. The summed E-state index contributed by atoms with van der Waals surface area (Å²) in [6, 6.07) is 0. The molecular formula is C15H20. The molecule has 0 aromatic rings. The smallest absolute Gasteiger partial charge is 0.0139 e. The van der Waals surface area contributed by atoms with Gasteiger partial charge in [-0.2, -0.15) is 0 Å². The Balaban J connectivity index is 1.69. The number of hydrogen-bond donors (Lipinski definition) is 0. The van der Waals surface area contributed by atoms with Crippen molar-refractivity contribution in [3.63, 3.8) is 0 Å². The average Bonchev–Trinajstić information content (AvgIpc) is 2.95. The van der Waals surface area contributed by atoms with Crippen molar-refractivity contribution in [3.8, 4) is 0 Å². The first kappa shape index (κ1) is 8.61. The Kier molecular flexibility index (Phi) is 1.60. The van der Waals surface area contributed by atoms with E-state index in [1.165, 1.54) is 12.8 Å². The van der Waals surface area contributed by atoms with Gasteiger partial charge in [-0.15, -0.1) is 6.58 Å². The summed E-state index contributed by atoms with van der Waals surface area (Å²) in [6.07, 6.45) is 12.1. The van der Waals surface area contributed by atoms with Crippen molar-refractivity contribution in [1.82, 2.24) is 0 Å². The molecule has 80 valence electrons. The van der Waals surface area contributed by atoms with E-state index in [1.807, 2.05) is 0 Å². The molecule has 4 bridgehead atoms. The largest absolute Gasteiger partial charge is 0.103 e. The third kappa shape index (κ3) is 0.940. The summed E-state index contributed by atoms with van der Waals surface area (Å²) in [5, 5.41) is 0. The molecule has 0 radical (unpaired) electrons. The zero-order chi connectivity index (χ0) is 9.99. The van der Waals surface area contributed by atoms with Crippen molar-refractivity contribution in [3.05, 3.63) is 24.3 Å². The Morgan fingerprint density at radius 2 is 2.00 bits per heavy atom. The molecule has 0 aromatic carbocycles. The third-order valence-electron chi connectivity index (χ3n) is 5.82. The summed E-state index contributed by atoms with van der Waals surface area (Å²) in [4.78, 5) is 0. The monoisotopic (exact) mass is 200 g/mol. The molecule has 3 fully saturated rings. The minimum atomic E-state index is 0.977. The highest BCUT2D eigenvalue weighted by Crippen LogP contribution is 2.67. The molecule has 0 saturated heterocycles. The maximum absolute atomic E-state index is 3.90. The third-order valence-corrected chi connectivity index (χ3v) is 5.82. The quantitative estimate of drug-likeness (QED) is 0.470. The number of allylic oxidation sites excluding steroid dienone is 3. The van der Waals surface area contributed by atoms with Gasteiger partial charge in [0, 0.05) is 0 Å². The zero-order valence-electron chi connectivity index (χ0n) is 9.36. The molecule has 0 aliphatic heterocycles. The van der Waals surface area contributed by atoms with Crippen LogP contribution in [-0.4, -0.2) is 0 Å². The molecule has 0 heteroatoms. The topological polar surface area (TPSA) is 0 Å². The van der Waals surface area contributed by atoms with Gasteiger partial charge in [-0.25, -0.2) is 0 Å². The zero-order valence-corrected chi connectivity index (χ0v) is 9.36. The maximum Gasteiger partial charge on any atom is -0.0139 e. The van der Waals surface area contributed by atoms with Gasteiger partial charge in [0.2, 0.25) is 0 Å². The van der Waals surface area contributed by atoms with E-state index in [1.54, 1.807) is 24.8 Å². The van der Waals surface area contributed by atoms with Crippen LogP contribution in [0, 0.1) is 35.5 Å². The van der Waals surface area contributed by atoms with Crippen LogP contribution in [-0.2, 0) is 0 Å². The van der Waals surface area contributed by atoms with Gasteiger partial charge in [-0.1, -0.05) is 17.7 Å². The molecule has 0 spiro atoms. The van der Waals surface area contributed by atoms with Crippen molar-refractivity contribution in [2.24, 2.45) is 35.5 Å². The van der Waals surface area contributed by atoms with Crippen molar-refractivity contribution >= 4 is 0 Å². The predicted octanol–water partition coefficient (Wildman–Crippen LogP) is 3.80. The first-order valence-electron chi connectivity index (χ1n) is 6.70. The molecule has 0 N–H and O–H groups in total. The lowest BCUT2D eigenvalue weighted by Crippen LogP contribution is -2.27. The second-order valence-corrected chi connectivity index (χ2v) is 6.23. The first-order valence-corrected chi connectivity index (χ1v) is 6.70. The van der Waals surface area contributed by atoms with Crippen LogP contribution in [0.25, 0.3) is 0 Å². The molecule has 15 heavy (non-hydrogen) atoms. The lowest BCUT2D eigenvalue weighted by atomic mass is 9.71. The summed E-state index contributed by atoms with van der Waals surface area (Å²) in [7, 11) is 0. The van der Waals surface area contributed by atoms with E-state index in [0.29, 0.717) is 0 Å². The van der Waals surface area contributed by atoms with E-state index >= 15 is 0 Å². The highest BCUT2D eigenvalue weighted by atomic mass is 14.6. The van der Waals surface area contributed by atoms with Crippen molar-refractivity contribution in [1.29, 1.82) is 0 Å². The number of rotatable bonds is 2. The van der Waals surface area contributed by atoms with Gasteiger partial charge in [-0.3, -0.25) is 0 Å². The molecule has 0 amide bonds. The molecule has 0 aromatic heterocycles. The molecule has 6 atom stereocenters. The van der Waals surface area contributed by atoms with Crippen LogP contribution in [0.1, 0.15) is 32.1 Å². The Morgan fingerprint density at radius 3 is 2.80 bits per heavy atom. The molecule has 4 rings (SSSR count). The van der Waals surface area contributed by atoms with Crippen LogP contribution in [0.5, 0.6) is 0 Å². The Labute approximate surface area is 92.4 Å². The molecule has 3 saturated carbocycles. The van der Waals surface area contributed by atoms with Crippen molar-refractivity contribution < 1.29 is 0 Å². The van der Waals surface area contributed by atoms with Gasteiger partial charge >= 0.3 is 0 Å². The Hall–Kier alpha value is -0.520.